The van der Waals surface area contributed by atoms with Gasteiger partial charge in [-0.25, -0.2) is 8.42 Å². The molecule has 1 aromatic carbocycles. The van der Waals surface area contributed by atoms with Crippen LogP contribution >= 0.6 is 0 Å². The molecule has 0 unspecified atom stereocenters. The summed E-state index contributed by atoms with van der Waals surface area (Å²) in [7, 11) is -3.41. The summed E-state index contributed by atoms with van der Waals surface area (Å²) in [5.41, 5.74) is 4.27. The van der Waals surface area contributed by atoms with Crippen molar-refractivity contribution >= 4 is 10.0 Å². The summed E-state index contributed by atoms with van der Waals surface area (Å²) in [6.07, 6.45) is 3.40. The second-order valence-electron chi connectivity index (χ2n) is 7.18. The van der Waals surface area contributed by atoms with Crippen LogP contribution in [0.25, 0.3) is 11.1 Å². The number of hydrogen-bond donors (Lipinski definition) is 0. The van der Waals surface area contributed by atoms with Gasteiger partial charge in [-0.3, -0.25) is 4.98 Å². The Labute approximate surface area is 165 Å². The molecule has 7 heteroatoms. The van der Waals surface area contributed by atoms with Gasteiger partial charge < -0.3 is 4.52 Å². The molecule has 146 valence electrons. The van der Waals surface area contributed by atoms with Gasteiger partial charge in [-0.2, -0.15) is 4.31 Å². The van der Waals surface area contributed by atoms with Gasteiger partial charge in [0.1, 0.15) is 5.76 Å². The monoisotopic (exact) mass is 397 g/mol. The highest BCUT2D eigenvalue weighted by molar-refractivity contribution is 7.88. The van der Waals surface area contributed by atoms with E-state index in [4.69, 9.17) is 4.52 Å². The van der Waals surface area contributed by atoms with Crippen LogP contribution in [0.5, 0.6) is 0 Å². The van der Waals surface area contributed by atoms with E-state index in [0.717, 1.165) is 46.7 Å². The van der Waals surface area contributed by atoms with Gasteiger partial charge in [-0.05, 0) is 38.3 Å². The van der Waals surface area contributed by atoms with Crippen molar-refractivity contribution in [3.05, 3.63) is 71.4 Å². The third-order valence-corrected chi connectivity index (χ3v) is 7.05. The zero-order valence-electron chi connectivity index (χ0n) is 16.0. The molecule has 0 spiro atoms. The van der Waals surface area contributed by atoms with E-state index >= 15 is 0 Å². The number of benzene rings is 1. The first kappa shape index (κ1) is 18.8. The van der Waals surface area contributed by atoms with Crippen LogP contribution in [0.4, 0.5) is 0 Å². The van der Waals surface area contributed by atoms with Gasteiger partial charge in [0.2, 0.25) is 10.0 Å². The van der Waals surface area contributed by atoms with E-state index in [1.54, 1.807) is 10.5 Å². The molecule has 3 heterocycles. The standard InChI is InChI=1S/C21H23N3O3S/c1-15-21(16(2)27-23-15)18-10-11-19(22-13-18)20-9-6-12-24(20)28(25,26)14-17-7-4-3-5-8-17/h3-5,7-8,10-11,13,20H,6,9,12,14H2,1-2H3/t20-/m1/s1. The zero-order valence-corrected chi connectivity index (χ0v) is 16.8. The Morgan fingerprint density at radius 3 is 2.57 bits per heavy atom. The maximum absolute atomic E-state index is 13.0. The second kappa shape index (κ2) is 7.48. The van der Waals surface area contributed by atoms with Crippen LogP contribution in [0, 0.1) is 13.8 Å². The normalized spacial score (nSPS) is 17.9. The first-order valence-corrected chi connectivity index (χ1v) is 11.0. The quantitative estimate of drug-likeness (QED) is 0.650. The molecule has 0 aliphatic carbocycles. The van der Waals surface area contributed by atoms with Crippen LogP contribution in [0.15, 0.2) is 53.2 Å². The zero-order chi connectivity index (χ0) is 19.7. The molecule has 6 nitrogen and oxygen atoms in total. The van der Waals surface area contributed by atoms with Crippen LogP contribution in [0.3, 0.4) is 0 Å². The lowest BCUT2D eigenvalue weighted by atomic mass is 10.0. The van der Waals surface area contributed by atoms with Crippen molar-refractivity contribution in [2.45, 2.75) is 38.5 Å². The lowest BCUT2D eigenvalue weighted by molar-refractivity contribution is 0.390. The highest BCUT2D eigenvalue weighted by Crippen LogP contribution is 2.35. The Morgan fingerprint density at radius 1 is 1.14 bits per heavy atom. The van der Waals surface area contributed by atoms with E-state index in [9.17, 15) is 8.42 Å². The number of hydrogen-bond acceptors (Lipinski definition) is 5. The Kier molecular flexibility index (Phi) is 5.03. The third-order valence-electron chi connectivity index (χ3n) is 5.20. The summed E-state index contributed by atoms with van der Waals surface area (Å²) >= 11 is 0. The molecule has 1 aliphatic rings. The van der Waals surface area contributed by atoms with Gasteiger partial charge in [-0.15, -0.1) is 0 Å². The Morgan fingerprint density at radius 2 is 1.93 bits per heavy atom. The first-order valence-electron chi connectivity index (χ1n) is 9.38. The van der Waals surface area contributed by atoms with Gasteiger partial charge in [0.15, 0.2) is 0 Å². The Hall–Kier alpha value is -2.51. The van der Waals surface area contributed by atoms with Gasteiger partial charge >= 0.3 is 0 Å². The number of rotatable bonds is 5. The highest BCUT2D eigenvalue weighted by Gasteiger charge is 2.35. The van der Waals surface area contributed by atoms with E-state index in [1.807, 2.05) is 56.3 Å². The third kappa shape index (κ3) is 3.59. The summed E-state index contributed by atoms with van der Waals surface area (Å²) in [4.78, 5) is 4.59. The topological polar surface area (TPSA) is 76.3 Å². The average Bonchev–Trinajstić information content (AvgIpc) is 3.30. The van der Waals surface area contributed by atoms with Crippen LogP contribution < -0.4 is 0 Å². The molecule has 0 saturated carbocycles. The molecule has 0 amide bonds. The molecule has 0 N–H and O–H groups in total. The van der Waals surface area contributed by atoms with Gasteiger partial charge in [0.25, 0.3) is 0 Å². The van der Waals surface area contributed by atoms with Crippen molar-refractivity contribution < 1.29 is 12.9 Å². The molecule has 0 bridgehead atoms. The van der Waals surface area contributed by atoms with Gasteiger partial charge in [0, 0.05) is 23.9 Å². The number of nitrogens with zero attached hydrogens (tertiary/aromatic N) is 3. The summed E-state index contributed by atoms with van der Waals surface area (Å²) in [6.45, 7) is 4.31. The fraction of sp³-hybridized carbons (Fsp3) is 0.333. The number of aryl methyl sites for hydroxylation is 2. The van der Waals surface area contributed by atoms with E-state index in [-0.39, 0.29) is 11.8 Å². The SMILES string of the molecule is Cc1noc(C)c1-c1ccc([C@H]2CCCN2S(=O)(=O)Cc2ccccc2)nc1. The van der Waals surface area contributed by atoms with E-state index < -0.39 is 10.0 Å². The predicted molar refractivity (Wildman–Crippen MR) is 107 cm³/mol. The molecule has 1 saturated heterocycles. The van der Waals surface area contributed by atoms with Crippen molar-refractivity contribution in [1.29, 1.82) is 0 Å². The van der Waals surface area contributed by atoms with Crippen molar-refractivity contribution in [3.8, 4) is 11.1 Å². The molecular weight excluding hydrogens is 374 g/mol. The van der Waals surface area contributed by atoms with Crippen molar-refractivity contribution in [3.63, 3.8) is 0 Å². The molecule has 4 rings (SSSR count). The molecule has 1 fully saturated rings. The fourth-order valence-electron chi connectivity index (χ4n) is 3.88. The largest absolute Gasteiger partial charge is 0.361 e. The summed E-state index contributed by atoms with van der Waals surface area (Å²) < 4.78 is 32.9. The van der Waals surface area contributed by atoms with Crippen molar-refractivity contribution in [2.75, 3.05) is 6.54 Å². The summed E-state index contributed by atoms with van der Waals surface area (Å²) in [6, 6.07) is 13.0. The first-order chi connectivity index (χ1) is 13.5. The molecule has 1 aliphatic heterocycles. The minimum Gasteiger partial charge on any atom is -0.361 e. The predicted octanol–water partition coefficient (Wildman–Crippen LogP) is 4.02. The molecule has 2 aromatic heterocycles. The van der Waals surface area contributed by atoms with Crippen LogP contribution in [0.2, 0.25) is 0 Å². The van der Waals surface area contributed by atoms with Crippen LogP contribution in [0.1, 0.15) is 41.6 Å². The van der Waals surface area contributed by atoms with Crippen LogP contribution in [-0.2, 0) is 15.8 Å². The molecule has 0 radical (unpaired) electrons. The number of pyridine rings is 1. The lowest BCUT2D eigenvalue weighted by Crippen LogP contribution is -2.32. The molecule has 3 aromatic rings. The van der Waals surface area contributed by atoms with Gasteiger partial charge in [-0.1, -0.05) is 41.6 Å². The van der Waals surface area contributed by atoms with Crippen LogP contribution in [-0.4, -0.2) is 29.4 Å². The van der Waals surface area contributed by atoms with E-state index in [2.05, 4.69) is 10.1 Å². The smallest absolute Gasteiger partial charge is 0.218 e. The Balaban J connectivity index is 1.58. The minimum atomic E-state index is -3.41. The molecular formula is C21H23N3O3S. The Bertz CT molecular complexity index is 1040. The average molecular weight is 398 g/mol. The highest BCUT2D eigenvalue weighted by atomic mass is 32.2. The number of aromatic nitrogens is 2. The summed E-state index contributed by atoms with van der Waals surface area (Å²) in [5.74, 6) is 0.765. The number of sulfonamides is 1. The second-order valence-corrected chi connectivity index (χ2v) is 9.10. The van der Waals surface area contributed by atoms with E-state index in [1.165, 1.54) is 0 Å². The maximum atomic E-state index is 13.0. The van der Waals surface area contributed by atoms with Gasteiger partial charge in [0.05, 0.1) is 23.2 Å². The lowest BCUT2D eigenvalue weighted by Gasteiger charge is -2.24. The molecule has 1 atom stereocenters. The molecule has 28 heavy (non-hydrogen) atoms. The minimum absolute atomic E-state index is 0.0154. The van der Waals surface area contributed by atoms with Crippen molar-refractivity contribution in [2.24, 2.45) is 0 Å². The van der Waals surface area contributed by atoms with Crippen molar-refractivity contribution in [1.82, 2.24) is 14.4 Å². The fourth-order valence-corrected chi connectivity index (χ4v) is 5.67. The maximum Gasteiger partial charge on any atom is 0.218 e. The summed E-state index contributed by atoms with van der Waals surface area (Å²) in [5, 5.41) is 3.99. The van der Waals surface area contributed by atoms with E-state index in [0.29, 0.717) is 6.54 Å².